The quantitative estimate of drug-likeness (QED) is 0.443. The van der Waals surface area contributed by atoms with E-state index in [1.165, 1.54) is 5.56 Å². The van der Waals surface area contributed by atoms with Crippen molar-refractivity contribution < 1.29 is 9.15 Å². The van der Waals surface area contributed by atoms with Crippen LogP contribution in [0.3, 0.4) is 0 Å². The molecule has 1 aliphatic heterocycles. The minimum Gasteiger partial charge on any atom is -0.460 e. The number of hydrogen-bond acceptors (Lipinski definition) is 3. The van der Waals surface area contributed by atoms with E-state index in [0.29, 0.717) is 5.92 Å². The van der Waals surface area contributed by atoms with Crippen molar-refractivity contribution >= 4 is 38.1 Å². The average Bonchev–Trinajstić information content (AvgIpc) is 3.26. The number of fused-ring (bicyclic) bond motifs is 3. The Bertz CT molecular complexity index is 1050. The zero-order valence-corrected chi connectivity index (χ0v) is 15.9. The van der Waals surface area contributed by atoms with Gasteiger partial charge in [-0.2, -0.15) is 0 Å². The summed E-state index contributed by atoms with van der Waals surface area (Å²) in [6.07, 6.45) is 5.71. The Morgan fingerprint density at radius 1 is 1.08 bits per heavy atom. The minimum absolute atomic E-state index is 0.230. The number of pyridine rings is 1. The van der Waals surface area contributed by atoms with E-state index in [1.54, 1.807) is 6.26 Å². The van der Waals surface area contributed by atoms with Crippen molar-refractivity contribution in [2.45, 2.75) is 18.9 Å². The van der Waals surface area contributed by atoms with Crippen LogP contribution in [0.15, 0.2) is 63.8 Å². The van der Waals surface area contributed by atoms with Crippen LogP contribution in [0.5, 0.6) is 0 Å². The molecule has 4 nitrogen and oxygen atoms in total. The number of hydrogen-bond donors (Lipinski definition) is 0. The summed E-state index contributed by atoms with van der Waals surface area (Å²) >= 11 is 3.59. The zero-order valence-electron chi connectivity index (χ0n) is 14.3. The fourth-order valence-electron chi connectivity index (χ4n) is 4.20. The summed E-state index contributed by atoms with van der Waals surface area (Å²) in [4.78, 5) is 4.64. The van der Waals surface area contributed by atoms with Crippen molar-refractivity contribution in [3.05, 3.63) is 65.0 Å². The smallest absolute Gasteiger partial charge is 0.178 e. The molecule has 1 saturated heterocycles. The van der Waals surface area contributed by atoms with Crippen LogP contribution in [0, 0.1) is 5.92 Å². The predicted molar refractivity (Wildman–Crippen MR) is 105 cm³/mol. The highest BCUT2D eigenvalue weighted by Crippen LogP contribution is 2.40. The molecule has 132 valence electrons. The van der Waals surface area contributed by atoms with Crippen molar-refractivity contribution in [2.75, 3.05) is 13.2 Å². The first kappa shape index (κ1) is 16.1. The fraction of sp³-hybridized carbons (Fsp3) is 0.286. The van der Waals surface area contributed by atoms with Gasteiger partial charge in [-0.05, 0) is 46.3 Å². The van der Waals surface area contributed by atoms with E-state index >= 15 is 0 Å². The fourth-order valence-corrected chi connectivity index (χ4v) is 4.52. The standard InChI is InChI=1S/C21H19BrN2O2/c22-16-12-18-19(23-13-16)21-17(8-11-26-21)24(18)20(14-4-2-1-3-5-14)15-6-9-25-10-7-15/h1-5,8,11-13,15,20H,6-7,9-10H2. The summed E-state index contributed by atoms with van der Waals surface area (Å²) in [5.74, 6) is 0.513. The van der Waals surface area contributed by atoms with Crippen LogP contribution in [-0.4, -0.2) is 22.8 Å². The third-order valence-corrected chi connectivity index (χ3v) is 5.78. The second-order valence-corrected chi connectivity index (χ2v) is 7.75. The molecule has 0 spiro atoms. The van der Waals surface area contributed by atoms with Crippen LogP contribution >= 0.6 is 15.9 Å². The monoisotopic (exact) mass is 410 g/mol. The van der Waals surface area contributed by atoms with Crippen LogP contribution < -0.4 is 0 Å². The number of nitrogens with zero attached hydrogens (tertiary/aromatic N) is 2. The summed E-state index contributed by atoms with van der Waals surface area (Å²) < 4.78 is 14.8. The molecule has 0 radical (unpaired) electrons. The summed E-state index contributed by atoms with van der Waals surface area (Å²) in [5, 5.41) is 0. The molecule has 26 heavy (non-hydrogen) atoms. The molecule has 0 amide bonds. The first-order chi connectivity index (χ1) is 12.8. The van der Waals surface area contributed by atoms with Gasteiger partial charge in [0.25, 0.3) is 0 Å². The van der Waals surface area contributed by atoms with Gasteiger partial charge in [-0.15, -0.1) is 0 Å². The van der Waals surface area contributed by atoms with Crippen molar-refractivity contribution in [3.8, 4) is 0 Å². The topological polar surface area (TPSA) is 40.2 Å². The molecule has 1 atom stereocenters. The van der Waals surface area contributed by atoms with Gasteiger partial charge >= 0.3 is 0 Å². The molecule has 4 aromatic rings. The highest BCUT2D eigenvalue weighted by molar-refractivity contribution is 9.10. The van der Waals surface area contributed by atoms with Crippen LogP contribution in [0.4, 0.5) is 0 Å². The van der Waals surface area contributed by atoms with Gasteiger partial charge in [0, 0.05) is 29.9 Å². The molecule has 4 heterocycles. The van der Waals surface area contributed by atoms with E-state index < -0.39 is 0 Å². The highest BCUT2D eigenvalue weighted by atomic mass is 79.9. The molecule has 3 aromatic heterocycles. The van der Waals surface area contributed by atoms with E-state index in [4.69, 9.17) is 9.15 Å². The summed E-state index contributed by atoms with van der Waals surface area (Å²) in [7, 11) is 0. The first-order valence-electron chi connectivity index (χ1n) is 8.98. The van der Waals surface area contributed by atoms with E-state index in [9.17, 15) is 0 Å². The van der Waals surface area contributed by atoms with Gasteiger partial charge in [0.15, 0.2) is 5.58 Å². The van der Waals surface area contributed by atoms with Crippen LogP contribution in [0.25, 0.3) is 22.1 Å². The van der Waals surface area contributed by atoms with Gasteiger partial charge in [-0.25, -0.2) is 4.98 Å². The van der Waals surface area contributed by atoms with Gasteiger partial charge in [-0.3, -0.25) is 0 Å². The van der Waals surface area contributed by atoms with Gasteiger partial charge < -0.3 is 13.7 Å². The van der Waals surface area contributed by atoms with Crippen molar-refractivity contribution in [3.63, 3.8) is 0 Å². The maximum atomic E-state index is 5.80. The lowest BCUT2D eigenvalue weighted by Gasteiger charge is -2.32. The number of aromatic nitrogens is 2. The molecule has 1 unspecified atom stereocenters. The Kier molecular flexibility index (Phi) is 4.06. The summed E-state index contributed by atoms with van der Waals surface area (Å²) in [6.45, 7) is 1.65. The maximum Gasteiger partial charge on any atom is 0.178 e. The lowest BCUT2D eigenvalue weighted by molar-refractivity contribution is 0.0553. The number of rotatable bonds is 3. The van der Waals surface area contributed by atoms with Gasteiger partial charge in [0.2, 0.25) is 0 Å². The molecule has 0 N–H and O–H groups in total. The Morgan fingerprint density at radius 3 is 2.69 bits per heavy atom. The minimum atomic E-state index is 0.230. The van der Waals surface area contributed by atoms with Gasteiger partial charge in [0.05, 0.1) is 23.3 Å². The van der Waals surface area contributed by atoms with Crippen LogP contribution in [0.2, 0.25) is 0 Å². The van der Waals surface area contributed by atoms with Gasteiger partial charge in [0.1, 0.15) is 5.52 Å². The zero-order chi connectivity index (χ0) is 17.5. The second kappa shape index (κ2) is 6.56. The number of benzene rings is 1. The largest absolute Gasteiger partial charge is 0.460 e. The highest BCUT2D eigenvalue weighted by Gasteiger charge is 2.30. The van der Waals surface area contributed by atoms with Crippen molar-refractivity contribution in [1.29, 1.82) is 0 Å². The molecule has 0 aliphatic carbocycles. The molecule has 0 saturated carbocycles. The SMILES string of the molecule is Brc1cnc2c3occc3n(C(c3ccccc3)C3CCOCC3)c2c1. The Balaban J connectivity index is 1.80. The summed E-state index contributed by atoms with van der Waals surface area (Å²) in [5.41, 5.74) is 5.31. The molecule has 5 heteroatoms. The Labute approximate surface area is 159 Å². The first-order valence-corrected chi connectivity index (χ1v) is 9.77. The predicted octanol–water partition coefficient (Wildman–Crippen LogP) is 5.56. The van der Waals surface area contributed by atoms with E-state index in [1.807, 2.05) is 6.20 Å². The second-order valence-electron chi connectivity index (χ2n) is 6.83. The average molecular weight is 411 g/mol. The molecular weight excluding hydrogens is 392 g/mol. The lowest BCUT2D eigenvalue weighted by Crippen LogP contribution is -2.26. The van der Waals surface area contributed by atoms with E-state index in [2.05, 4.69) is 67.9 Å². The third kappa shape index (κ3) is 2.58. The molecular formula is C21H19BrN2O2. The molecule has 0 bridgehead atoms. The normalized spacial score (nSPS) is 17.1. The lowest BCUT2D eigenvalue weighted by atomic mass is 9.86. The Morgan fingerprint density at radius 2 is 1.88 bits per heavy atom. The van der Waals surface area contributed by atoms with E-state index in [0.717, 1.165) is 52.7 Å². The molecule has 1 fully saturated rings. The third-order valence-electron chi connectivity index (χ3n) is 5.34. The molecule has 5 rings (SSSR count). The number of halogens is 1. The van der Waals surface area contributed by atoms with Crippen LogP contribution in [-0.2, 0) is 4.74 Å². The maximum absolute atomic E-state index is 5.80. The number of furan rings is 1. The Hall–Kier alpha value is -2.11. The van der Waals surface area contributed by atoms with Crippen molar-refractivity contribution in [2.24, 2.45) is 5.92 Å². The van der Waals surface area contributed by atoms with Gasteiger partial charge in [-0.1, -0.05) is 30.3 Å². The van der Waals surface area contributed by atoms with E-state index in [-0.39, 0.29) is 6.04 Å². The molecule has 1 aromatic carbocycles. The number of ether oxygens (including phenoxy) is 1. The molecule has 1 aliphatic rings. The van der Waals surface area contributed by atoms with Crippen molar-refractivity contribution in [1.82, 2.24) is 9.55 Å². The van der Waals surface area contributed by atoms with Crippen LogP contribution in [0.1, 0.15) is 24.4 Å². The summed E-state index contributed by atoms with van der Waals surface area (Å²) in [6, 6.07) is 15.2.